The van der Waals surface area contributed by atoms with E-state index in [1.807, 2.05) is 0 Å². The molecule has 0 spiro atoms. The molecule has 1 aliphatic heterocycles. The molecule has 0 saturated carbocycles. The van der Waals surface area contributed by atoms with Gasteiger partial charge in [0, 0.05) is 17.0 Å². The van der Waals surface area contributed by atoms with E-state index in [1.54, 1.807) is 36.4 Å². The summed E-state index contributed by atoms with van der Waals surface area (Å²) in [7, 11) is -3.91. The standard InChI is InChI=1S/C23H19ClN4O6S/c24-13-4-5-16-15(10-13)18(11-19(28-16)35(31,32)20-12-33-8-6-25-20)27-17-3-1-2-14(21(17)23(29)30)22-26-7-9-34-22/h1-5,7,9-11,20,25H,6,8,12H2,(H,27,28)(H,29,30). The molecule has 35 heavy (non-hydrogen) atoms. The molecule has 1 unspecified atom stereocenters. The lowest BCUT2D eigenvalue weighted by molar-refractivity contribution is 0.0698. The highest BCUT2D eigenvalue weighted by Crippen LogP contribution is 2.35. The highest BCUT2D eigenvalue weighted by atomic mass is 35.5. The molecule has 3 N–H and O–H groups in total. The maximum absolute atomic E-state index is 13.3. The first-order valence-corrected chi connectivity index (χ1v) is 12.5. The first-order chi connectivity index (χ1) is 16.8. The van der Waals surface area contributed by atoms with Crippen molar-refractivity contribution >= 4 is 49.7 Å². The molecule has 1 saturated heterocycles. The van der Waals surface area contributed by atoms with Crippen LogP contribution in [0.25, 0.3) is 22.4 Å². The van der Waals surface area contributed by atoms with Crippen LogP contribution in [-0.2, 0) is 14.6 Å². The number of pyridine rings is 1. The third-order valence-electron chi connectivity index (χ3n) is 5.51. The molecular weight excluding hydrogens is 496 g/mol. The molecule has 1 fully saturated rings. The molecule has 3 heterocycles. The van der Waals surface area contributed by atoms with Crippen molar-refractivity contribution in [2.75, 3.05) is 25.1 Å². The lowest BCUT2D eigenvalue weighted by atomic mass is 10.0. The van der Waals surface area contributed by atoms with Gasteiger partial charge in [-0.25, -0.2) is 23.2 Å². The van der Waals surface area contributed by atoms with Crippen LogP contribution in [0.4, 0.5) is 11.4 Å². The Morgan fingerprint density at radius 1 is 1.20 bits per heavy atom. The molecule has 10 nitrogen and oxygen atoms in total. The normalized spacial score (nSPS) is 16.3. The third kappa shape index (κ3) is 4.46. The molecule has 0 radical (unpaired) electrons. The van der Waals surface area contributed by atoms with Crippen LogP contribution in [0.1, 0.15) is 10.4 Å². The molecule has 2 aromatic carbocycles. The summed E-state index contributed by atoms with van der Waals surface area (Å²) in [6, 6.07) is 11.0. The van der Waals surface area contributed by atoms with Crippen LogP contribution in [-0.4, -0.2) is 54.6 Å². The Bertz CT molecular complexity index is 1520. The number of hydrogen-bond donors (Lipinski definition) is 3. The number of benzene rings is 2. The number of aromatic nitrogens is 2. The van der Waals surface area contributed by atoms with Gasteiger partial charge in [0.05, 0.1) is 47.4 Å². The first kappa shape index (κ1) is 23.2. The number of fused-ring (bicyclic) bond motifs is 1. The predicted molar refractivity (Wildman–Crippen MR) is 129 cm³/mol. The number of carbonyl (C=O) groups is 1. The van der Waals surface area contributed by atoms with E-state index in [9.17, 15) is 18.3 Å². The van der Waals surface area contributed by atoms with Crippen LogP contribution in [0.5, 0.6) is 0 Å². The fourth-order valence-corrected chi connectivity index (χ4v) is 5.46. The molecule has 180 valence electrons. The van der Waals surface area contributed by atoms with Crippen molar-refractivity contribution in [1.82, 2.24) is 15.3 Å². The minimum absolute atomic E-state index is 0.00716. The summed E-state index contributed by atoms with van der Waals surface area (Å²) in [4.78, 5) is 20.6. The number of sulfone groups is 1. The van der Waals surface area contributed by atoms with Crippen LogP contribution in [0, 0.1) is 0 Å². The molecule has 1 aliphatic rings. The Kier molecular flexibility index (Phi) is 6.15. The van der Waals surface area contributed by atoms with Gasteiger partial charge in [-0.1, -0.05) is 17.7 Å². The van der Waals surface area contributed by atoms with Gasteiger partial charge in [-0.3, -0.25) is 5.32 Å². The number of ether oxygens (including phenoxy) is 1. The van der Waals surface area contributed by atoms with E-state index in [1.165, 1.54) is 18.5 Å². The summed E-state index contributed by atoms with van der Waals surface area (Å²) in [6.07, 6.45) is 2.76. The topological polar surface area (TPSA) is 144 Å². The van der Waals surface area contributed by atoms with Crippen LogP contribution in [0.15, 0.2) is 64.4 Å². The fourth-order valence-electron chi connectivity index (χ4n) is 3.88. The van der Waals surface area contributed by atoms with E-state index in [-0.39, 0.29) is 34.3 Å². The molecule has 0 aliphatic carbocycles. The summed E-state index contributed by atoms with van der Waals surface area (Å²) >= 11 is 6.20. The Morgan fingerprint density at radius 3 is 2.77 bits per heavy atom. The molecule has 1 atom stereocenters. The number of halogens is 1. The van der Waals surface area contributed by atoms with Gasteiger partial charge >= 0.3 is 5.97 Å². The molecule has 0 amide bonds. The van der Waals surface area contributed by atoms with Crippen LogP contribution in [0.3, 0.4) is 0 Å². The van der Waals surface area contributed by atoms with Crippen molar-refractivity contribution in [2.45, 2.75) is 10.4 Å². The lowest BCUT2D eigenvalue weighted by Crippen LogP contribution is -2.46. The number of nitrogens with one attached hydrogen (secondary N) is 2. The Labute approximate surface area is 204 Å². The molecule has 4 aromatic rings. The van der Waals surface area contributed by atoms with Crippen molar-refractivity contribution in [3.05, 3.63) is 65.5 Å². The van der Waals surface area contributed by atoms with Gasteiger partial charge in [0.25, 0.3) is 0 Å². The van der Waals surface area contributed by atoms with Crippen molar-refractivity contribution in [3.8, 4) is 11.5 Å². The van der Waals surface area contributed by atoms with Crippen LogP contribution < -0.4 is 10.6 Å². The monoisotopic (exact) mass is 514 g/mol. The van der Waals surface area contributed by atoms with Gasteiger partial charge < -0.3 is 19.6 Å². The quantitative estimate of drug-likeness (QED) is 0.348. The van der Waals surface area contributed by atoms with E-state index in [4.69, 9.17) is 20.8 Å². The van der Waals surface area contributed by atoms with Gasteiger partial charge in [0.2, 0.25) is 15.7 Å². The van der Waals surface area contributed by atoms with Crippen molar-refractivity contribution < 1.29 is 27.5 Å². The maximum atomic E-state index is 13.3. The van der Waals surface area contributed by atoms with Gasteiger partial charge in [-0.2, -0.15) is 0 Å². The first-order valence-electron chi connectivity index (χ1n) is 10.5. The average Bonchev–Trinajstić information content (AvgIpc) is 3.39. The zero-order valence-corrected chi connectivity index (χ0v) is 19.6. The van der Waals surface area contributed by atoms with E-state index in [2.05, 4.69) is 20.6 Å². The van der Waals surface area contributed by atoms with Gasteiger partial charge in [-0.05, 0) is 36.4 Å². The maximum Gasteiger partial charge on any atom is 0.338 e. The van der Waals surface area contributed by atoms with Crippen LogP contribution in [0.2, 0.25) is 5.02 Å². The van der Waals surface area contributed by atoms with E-state index >= 15 is 0 Å². The number of carboxylic acid groups (broad SMARTS) is 1. The third-order valence-corrected chi connectivity index (χ3v) is 7.59. The number of rotatable bonds is 6. The van der Waals surface area contributed by atoms with Crippen molar-refractivity contribution in [2.24, 2.45) is 0 Å². The molecular formula is C23H19ClN4O6S. The van der Waals surface area contributed by atoms with Crippen molar-refractivity contribution in [3.63, 3.8) is 0 Å². The summed E-state index contributed by atoms with van der Waals surface area (Å²) in [5, 5.41) is 15.8. The number of hydrogen-bond acceptors (Lipinski definition) is 9. The predicted octanol–water partition coefficient (Wildman–Crippen LogP) is 3.70. The van der Waals surface area contributed by atoms with E-state index in [0.29, 0.717) is 34.8 Å². The molecule has 0 bridgehead atoms. The van der Waals surface area contributed by atoms with Gasteiger partial charge in [-0.15, -0.1) is 0 Å². The largest absolute Gasteiger partial charge is 0.478 e. The summed E-state index contributed by atoms with van der Waals surface area (Å²) in [6.45, 7) is 0.807. The second kappa shape index (κ2) is 9.27. The second-order valence-corrected chi connectivity index (χ2v) is 10.2. The Morgan fingerprint density at radius 2 is 2.06 bits per heavy atom. The SMILES string of the molecule is O=C(O)c1c(Nc2cc(S(=O)(=O)C3COCCN3)nc3ccc(Cl)cc23)cccc1-c1ncco1. The number of nitrogens with zero attached hydrogens (tertiary/aromatic N) is 2. The number of oxazole rings is 1. The summed E-state index contributed by atoms with van der Waals surface area (Å²) < 4.78 is 37.3. The van der Waals surface area contributed by atoms with Gasteiger partial charge in [0.1, 0.15) is 11.6 Å². The highest BCUT2D eigenvalue weighted by Gasteiger charge is 2.31. The number of carboxylic acids is 1. The fraction of sp³-hybridized carbons (Fsp3) is 0.174. The van der Waals surface area contributed by atoms with Gasteiger partial charge in [0.15, 0.2) is 5.03 Å². The van der Waals surface area contributed by atoms with E-state index in [0.717, 1.165) is 0 Å². The number of aromatic carboxylic acids is 1. The molecule has 12 heteroatoms. The highest BCUT2D eigenvalue weighted by molar-refractivity contribution is 7.92. The zero-order chi connectivity index (χ0) is 24.6. The van der Waals surface area contributed by atoms with Crippen LogP contribution >= 0.6 is 11.6 Å². The zero-order valence-electron chi connectivity index (χ0n) is 18.1. The molecule has 5 rings (SSSR count). The Hall–Kier alpha value is -3.51. The van der Waals surface area contributed by atoms with E-state index < -0.39 is 21.2 Å². The number of anilines is 2. The summed E-state index contributed by atoms with van der Waals surface area (Å²) in [5.41, 5.74) is 1.08. The second-order valence-electron chi connectivity index (χ2n) is 7.73. The van der Waals surface area contributed by atoms with Crippen molar-refractivity contribution in [1.29, 1.82) is 0 Å². The molecule has 2 aromatic heterocycles. The average molecular weight is 515 g/mol. The summed E-state index contributed by atoms with van der Waals surface area (Å²) in [5.74, 6) is -1.07. The smallest absolute Gasteiger partial charge is 0.338 e. The Balaban J connectivity index is 1.66. The minimum atomic E-state index is -3.91. The lowest BCUT2D eigenvalue weighted by Gasteiger charge is -2.24. The minimum Gasteiger partial charge on any atom is -0.478 e. The number of morpholine rings is 1.